The average Bonchev–Trinajstić information content (AvgIpc) is 3.32. The number of halogens is 1. The van der Waals surface area contributed by atoms with Crippen LogP contribution < -0.4 is 15.1 Å². The summed E-state index contributed by atoms with van der Waals surface area (Å²) in [6.45, 7) is 1.67. The molecule has 0 bridgehead atoms. The lowest BCUT2D eigenvalue weighted by atomic mass is 10.2. The number of anilines is 2. The molecule has 4 rings (SSSR count). The summed E-state index contributed by atoms with van der Waals surface area (Å²) in [7, 11) is 0. The minimum Gasteiger partial charge on any atom is -0.442 e. The molecular formula is C19H20ClN3O5S. The van der Waals surface area contributed by atoms with Gasteiger partial charge in [-0.25, -0.2) is 4.79 Å². The van der Waals surface area contributed by atoms with Gasteiger partial charge >= 0.3 is 6.09 Å². The second-order valence-electron chi connectivity index (χ2n) is 6.83. The zero-order valence-electron chi connectivity index (χ0n) is 15.5. The first-order chi connectivity index (χ1) is 14.0. The van der Waals surface area contributed by atoms with Gasteiger partial charge in [0.2, 0.25) is 5.91 Å². The van der Waals surface area contributed by atoms with Gasteiger partial charge in [-0.2, -0.15) is 0 Å². The molecule has 0 aromatic heterocycles. The van der Waals surface area contributed by atoms with Gasteiger partial charge in [0.15, 0.2) is 0 Å². The number of amides is 3. The van der Waals surface area contributed by atoms with E-state index in [0.717, 1.165) is 5.69 Å². The van der Waals surface area contributed by atoms with Crippen LogP contribution in [0.3, 0.4) is 0 Å². The van der Waals surface area contributed by atoms with E-state index in [0.29, 0.717) is 36.2 Å². The number of nitrogens with zero attached hydrogens (tertiary/aromatic N) is 2. The smallest absolute Gasteiger partial charge is 0.414 e. The predicted octanol–water partition coefficient (Wildman–Crippen LogP) is 2.08. The van der Waals surface area contributed by atoms with Crippen LogP contribution in [0.5, 0.6) is 0 Å². The van der Waals surface area contributed by atoms with Crippen molar-refractivity contribution in [3.8, 4) is 0 Å². The van der Waals surface area contributed by atoms with Gasteiger partial charge in [0.1, 0.15) is 12.7 Å². The summed E-state index contributed by atoms with van der Waals surface area (Å²) in [5.41, 5.74) is 1.44. The van der Waals surface area contributed by atoms with Gasteiger partial charge in [-0.1, -0.05) is 17.7 Å². The maximum Gasteiger partial charge on any atom is 0.414 e. The SMILES string of the molecule is O=C(NC[C@H]1CN(c2ccc(N3CCOCC3=O)cc2)C(=O)O1)C1CC=C(Cl)S1. The fourth-order valence-electron chi connectivity index (χ4n) is 3.36. The highest BCUT2D eigenvalue weighted by Gasteiger charge is 2.33. The monoisotopic (exact) mass is 437 g/mol. The molecule has 0 saturated carbocycles. The molecule has 3 aliphatic rings. The lowest BCUT2D eigenvalue weighted by Gasteiger charge is -2.27. The summed E-state index contributed by atoms with van der Waals surface area (Å²) < 4.78 is 11.1. The molecule has 3 aliphatic heterocycles. The number of hydrogen-bond acceptors (Lipinski definition) is 6. The molecule has 3 amide bonds. The van der Waals surface area contributed by atoms with Gasteiger partial charge < -0.3 is 19.7 Å². The average molecular weight is 438 g/mol. The molecule has 0 radical (unpaired) electrons. The van der Waals surface area contributed by atoms with E-state index < -0.39 is 12.2 Å². The lowest BCUT2D eigenvalue weighted by Crippen LogP contribution is -2.41. The van der Waals surface area contributed by atoms with Crippen LogP contribution in [0.25, 0.3) is 0 Å². The molecule has 2 atom stereocenters. The predicted molar refractivity (Wildman–Crippen MR) is 110 cm³/mol. The molecule has 1 aromatic carbocycles. The zero-order valence-corrected chi connectivity index (χ0v) is 17.1. The number of allylic oxidation sites excluding steroid dienone is 1. The number of rotatable bonds is 5. The minimum absolute atomic E-state index is 0.0786. The molecule has 1 unspecified atom stereocenters. The highest BCUT2D eigenvalue weighted by atomic mass is 35.5. The molecule has 3 heterocycles. The van der Waals surface area contributed by atoms with Crippen molar-refractivity contribution >= 4 is 52.6 Å². The number of morpholine rings is 1. The summed E-state index contributed by atoms with van der Waals surface area (Å²) in [6, 6.07) is 7.16. The van der Waals surface area contributed by atoms with E-state index in [2.05, 4.69) is 5.32 Å². The molecular weight excluding hydrogens is 418 g/mol. The van der Waals surface area contributed by atoms with E-state index in [4.69, 9.17) is 21.1 Å². The third-order valence-corrected chi connectivity index (χ3v) is 6.38. The van der Waals surface area contributed by atoms with E-state index in [1.165, 1.54) is 16.7 Å². The van der Waals surface area contributed by atoms with Gasteiger partial charge in [-0.3, -0.25) is 14.5 Å². The van der Waals surface area contributed by atoms with E-state index >= 15 is 0 Å². The Labute approximate surface area is 177 Å². The van der Waals surface area contributed by atoms with Crippen molar-refractivity contribution in [1.29, 1.82) is 0 Å². The summed E-state index contributed by atoms with van der Waals surface area (Å²) in [5, 5.41) is 2.59. The van der Waals surface area contributed by atoms with Crippen molar-refractivity contribution in [2.75, 3.05) is 42.6 Å². The Morgan fingerprint density at radius 3 is 2.59 bits per heavy atom. The van der Waals surface area contributed by atoms with Crippen molar-refractivity contribution in [3.63, 3.8) is 0 Å². The largest absolute Gasteiger partial charge is 0.442 e. The standard InChI is InChI=1S/C19H20ClN3O5S/c20-16-6-5-15(29-16)18(25)21-9-14-10-23(19(26)28-14)13-3-1-12(2-4-13)22-7-8-27-11-17(22)24/h1-4,6,14-15H,5,7-11H2,(H,21,25)/t14-,15?/m0/s1. The van der Waals surface area contributed by atoms with Gasteiger partial charge in [-0.15, -0.1) is 11.8 Å². The van der Waals surface area contributed by atoms with Crippen LogP contribution in [0.1, 0.15) is 6.42 Å². The maximum atomic E-state index is 12.2. The van der Waals surface area contributed by atoms with Crippen molar-refractivity contribution < 1.29 is 23.9 Å². The number of hydrogen-bond donors (Lipinski definition) is 1. The molecule has 1 aromatic rings. The van der Waals surface area contributed by atoms with Crippen molar-refractivity contribution in [2.24, 2.45) is 0 Å². The molecule has 29 heavy (non-hydrogen) atoms. The summed E-state index contributed by atoms with van der Waals surface area (Å²) >= 11 is 7.22. The van der Waals surface area contributed by atoms with Crippen molar-refractivity contribution in [1.82, 2.24) is 5.32 Å². The van der Waals surface area contributed by atoms with E-state index in [1.807, 2.05) is 6.08 Å². The number of cyclic esters (lactones) is 1. The third-order valence-electron chi connectivity index (χ3n) is 4.88. The van der Waals surface area contributed by atoms with E-state index in [-0.39, 0.29) is 30.2 Å². The fourth-order valence-corrected chi connectivity index (χ4v) is 4.62. The first kappa shape index (κ1) is 20.1. The third kappa shape index (κ3) is 4.52. The lowest BCUT2D eigenvalue weighted by molar-refractivity contribution is -0.125. The summed E-state index contributed by atoms with van der Waals surface area (Å²) in [5.74, 6) is -0.201. The molecule has 8 nitrogen and oxygen atoms in total. The first-order valence-electron chi connectivity index (χ1n) is 9.27. The van der Waals surface area contributed by atoms with Crippen LogP contribution >= 0.6 is 23.4 Å². The minimum atomic E-state index is -0.459. The van der Waals surface area contributed by atoms with Crippen molar-refractivity contribution in [3.05, 3.63) is 34.7 Å². The fraction of sp³-hybridized carbons (Fsp3) is 0.421. The van der Waals surface area contributed by atoms with Crippen LogP contribution in [0.15, 0.2) is 34.7 Å². The van der Waals surface area contributed by atoms with Crippen LogP contribution in [0.4, 0.5) is 16.2 Å². The molecule has 2 saturated heterocycles. The van der Waals surface area contributed by atoms with Gasteiger partial charge in [0.25, 0.3) is 5.91 Å². The molecule has 1 N–H and O–H groups in total. The number of ether oxygens (including phenoxy) is 2. The van der Waals surface area contributed by atoms with Crippen LogP contribution in [-0.2, 0) is 19.1 Å². The topological polar surface area (TPSA) is 88.2 Å². The Morgan fingerprint density at radius 1 is 1.21 bits per heavy atom. The molecule has 0 spiro atoms. The number of carbonyl (C=O) groups is 3. The van der Waals surface area contributed by atoms with Crippen LogP contribution in [0.2, 0.25) is 0 Å². The van der Waals surface area contributed by atoms with E-state index in [1.54, 1.807) is 29.2 Å². The Bertz CT molecular complexity index is 847. The summed E-state index contributed by atoms with van der Waals surface area (Å²) in [6.07, 6.45) is 1.53. The number of benzene rings is 1. The number of nitrogens with one attached hydrogen (secondary N) is 1. The Hall–Kier alpha value is -2.23. The van der Waals surface area contributed by atoms with Gasteiger partial charge in [0.05, 0.1) is 29.3 Å². The molecule has 2 fully saturated rings. The summed E-state index contributed by atoms with van der Waals surface area (Å²) in [4.78, 5) is 39.5. The first-order valence-corrected chi connectivity index (χ1v) is 10.5. The molecule has 0 aliphatic carbocycles. The highest BCUT2D eigenvalue weighted by Crippen LogP contribution is 2.34. The zero-order chi connectivity index (χ0) is 20.4. The second kappa shape index (κ2) is 8.64. The number of carbonyl (C=O) groups excluding carboxylic acids is 3. The number of thioether (sulfide) groups is 1. The maximum absolute atomic E-state index is 12.2. The highest BCUT2D eigenvalue weighted by molar-refractivity contribution is 8.06. The Morgan fingerprint density at radius 2 is 1.93 bits per heavy atom. The van der Waals surface area contributed by atoms with Crippen LogP contribution in [-0.4, -0.2) is 62.1 Å². The van der Waals surface area contributed by atoms with Crippen LogP contribution in [0, 0.1) is 0 Å². The quantitative estimate of drug-likeness (QED) is 0.758. The van der Waals surface area contributed by atoms with Gasteiger partial charge in [0, 0.05) is 17.9 Å². The van der Waals surface area contributed by atoms with E-state index in [9.17, 15) is 14.4 Å². The molecule has 10 heteroatoms. The normalized spacial score (nSPS) is 24.5. The van der Waals surface area contributed by atoms with Crippen molar-refractivity contribution in [2.45, 2.75) is 17.8 Å². The van der Waals surface area contributed by atoms with Gasteiger partial charge in [-0.05, 0) is 30.7 Å². The Kier molecular flexibility index (Phi) is 5.98. The Balaban J connectivity index is 1.32. The second-order valence-corrected chi connectivity index (χ2v) is 8.70. The molecule has 154 valence electrons.